The second-order valence-corrected chi connectivity index (χ2v) is 6.60. The smallest absolute Gasteiger partial charge is 0.407 e. The third kappa shape index (κ3) is 7.29. The first-order valence-electron chi connectivity index (χ1n) is 7.47. The van der Waals surface area contributed by atoms with Crippen LogP contribution in [0.25, 0.3) is 0 Å². The number of carboxylic acid groups (broad SMARTS) is 1. The Morgan fingerprint density at radius 3 is 2.43 bits per heavy atom. The van der Waals surface area contributed by atoms with E-state index in [-0.39, 0.29) is 6.54 Å². The van der Waals surface area contributed by atoms with E-state index in [0.29, 0.717) is 11.0 Å². The van der Waals surface area contributed by atoms with Crippen LogP contribution in [0.15, 0.2) is 0 Å². The molecule has 0 atom stereocenters. The predicted octanol–water partition coefficient (Wildman–Crippen LogP) is 0.406. The minimum absolute atomic E-state index is 0.147. The van der Waals surface area contributed by atoms with E-state index in [9.17, 15) is 9.59 Å². The maximum absolute atomic E-state index is 11.5. The SMILES string of the molecule is CC(C)(C)OC(=O)NCCC[N+]1(CC(=O)O)CCNCC1. The molecule has 1 amide bonds. The number of piperazine rings is 1. The first-order valence-corrected chi connectivity index (χ1v) is 7.47. The molecule has 0 bridgehead atoms. The Bertz CT molecular complexity index is 360. The molecule has 0 aliphatic carbocycles. The fourth-order valence-electron chi connectivity index (χ4n) is 2.54. The number of ether oxygens (including phenoxy) is 1. The Labute approximate surface area is 126 Å². The zero-order valence-electron chi connectivity index (χ0n) is 13.3. The predicted molar refractivity (Wildman–Crippen MR) is 79.1 cm³/mol. The van der Waals surface area contributed by atoms with Crippen LogP contribution in [-0.2, 0) is 9.53 Å². The fraction of sp³-hybridized carbons (Fsp3) is 0.857. The van der Waals surface area contributed by atoms with E-state index < -0.39 is 17.7 Å². The Balaban J connectivity index is 2.34. The molecule has 7 heteroatoms. The van der Waals surface area contributed by atoms with Crippen molar-refractivity contribution in [3.8, 4) is 0 Å². The van der Waals surface area contributed by atoms with Gasteiger partial charge in [-0.3, -0.25) is 0 Å². The molecule has 7 nitrogen and oxygen atoms in total. The number of aliphatic carboxylic acids is 1. The van der Waals surface area contributed by atoms with Gasteiger partial charge >= 0.3 is 12.1 Å². The topological polar surface area (TPSA) is 87.7 Å². The van der Waals surface area contributed by atoms with Gasteiger partial charge in [0.25, 0.3) is 0 Å². The minimum Gasteiger partial charge on any atom is -0.477 e. The Kier molecular flexibility index (Phi) is 6.42. The summed E-state index contributed by atoms with van der Waals surface area (Å²) in [7, 11) is 0. The average Bonchev–Trinajstić information content (AvgIpc) is 2.33. The molecule has 0 saturated carbocycles. The number of hydrogen-bond donors (Lipinski definition) is 3. The average molecular weight is 302 g/mol. The van der Waals surface area contributed by atoms with E-state index in [0.717, 1.165) is 39.1 Å². The highest BCUT2D eigenvalue weighted by molar-refractivity contribution is 5.68. The lowest BCUT2D eigenvalue weighted by Gasteiger charge is -2.40. The summed E-state index contributed by atoms with van der Waals surface area (Å²) in [6.07, 6.45) is 0.319. The van der Waals surface area contributed by atoms with Crippen molar-refractivity contribution in [2.24, 2.45) is 0 Å². The number of carboxylic acids is 1. The van der Waals surface area contributed by atoms with Gasteiger partial charge in [0, 0.05) is 26.1 Å². The van der Waals surface area contributed by atoms with Gasteiger partial charge in [0.2, 0.25) is 0 Å². The van der Waals surface area contributed by atoms with Crippen molar-refractivity contribution in [3.63, 3.8) is 0 Å². The Morgan fingerprint density at radius 1 is 1.29 bits per heavy atom. The number of quaternary nitrogens is 1. The summed E-state index contributed by atoms with van der Waals surface area (Å²) in [5, 5.41) is 15.0. The first kappa shape index (κ1) is 17.7. The fourth-order valence-corrected chi connectivity index (χ4v) is 2.54. The summed E-state index contributed by atoms with van der Waals surface area (Å²) in [5.41, 5.74) is -0.500. The van der Waals surface area contributed by atoms with Crippen molar-refractivity contribution < 1.29 is 23.9 Å². The van der Waals surface area contributed by atoms with Crippen molar-refractivity contribution in [1.82, 2.24) is 10.6 Å². The summed E-state index contributed by atoms with van der Waals surface area (Å²) < 4.78 is 5.74. The molecular formula is C14H28N3O4+. The highest BCUT2D eigenvalue weighted by atomic mass is 16.6. The van der Waals surface area contributed by atoms with Crippen LogP contribution in [0.2, 0.25) is 0 Å². The first-order chi connectivity index (χ1) is 9.72. The second-order valence-electron chi connectivity index (χ2n) is 6.60. The van der Waals surface area contributed by atoms with E-state index in [1.807, 2.05) is 20.8 Å². The van der Waals surface area contributed by atoms with E-state index >= 15 is 0 Å². The molecular weight excluding hydrogens is 274 g/mol. The summed E-state index contributed by atoms with van der Waals surface area (Å²) in [4.78, 5) is 22.6. The lowest BCUT2D eigenvalue weighted by atomic mass is 10.2. The molecule has 0 unspecified atom stereocenters. The van der Waals surface area contributed by atoms with Crippen molar-refractivity contribution in [2.75, 3.05) is 45.8 Å². The number of carbonyl (C=O) groups is 2. The molecule has 122 valence electrons. The van der Waals surface area contributed by atoms with Crippen LogP contribution in [0, 0.1) is 0 Å². The summed E-state index contributed by atoms with van der Waals surface area (Å²) in [5.74, 6) is -0.767. The van der Waals surface area contributed by atoms with Gasteiger partial charge in [0.15, 0.2) is 6.54 Å². The number of carbonyl (C=O) groups excluding carboxylic acids is 1. The zero-order valence-corrected chi connectivity index (χ0v) is 13.3. The van der Waals surface area contributed by atoms with Crippen LogP contribution in [0.5, 0.6) is 0 Å². The van der Waals surface area contributed by atoms with Crippen LogP contribution >= 0.6 is 0 Å². The van der Waals surface area contributed by atoms with Gasteiger partial charge in [-0.1, -0.05) is 0 Å². The van der Waals surface area contributed by atoms with E-state index in [1.54, 1.807) is 0 Å². The van der Waals surface area contributed by atoms with Gasteiger partial charge < -0.3 is 25.0 Å². The molecule has 21 heavy (non-hydrogen) atoms. The van der Waals surface area contributed by atoms with Crippen molar-refractivity contribution in [1.29, 1.82) is 0 Å². The van der Waals surface area contributed by atoms with Crippen molar-refractivity contribution in [3.05, 3.63) is 0 Å². The molecule has 0 aromatic heterocycles. The maximum atomic E-state index is 11.5. The number of amides is 1. The summed E-state index contributed by atoms with van der Waals surface area (Å²) in [6.45, 7) is 10.2. The highest BCUT2D eigenvalue weighted by Gasteiger charge is 2.31. The molecule has 1 aliphatic heterocycles. The van der Waals surface area contributed by atoms with E-state index in [4.69, 9.17) is 9.84 Å². The summed E-state index contributed by atoms with van der Waals surface area (Å²) >= 11 is 0. The number of alkyl carbamates (subject to hydrolysis) is 1. The van der Waals surface area contributed by atoms with Gasteiger partial charge in [-0.05, 0) is 20.8 Å². The van der Waals surface area contributed by atoms with Gasteiger partial charge in [0.05, 0.1) is 19.6 Å². The number of nitrogens with one attached hydrogen (secondary N) is 2. The molecule has 3 N–H and O–H groups in total. The molecule has 0 aromatic rings. The quantitative estimate of drug-likeness (QED) is 0.488. The van der Waals surface area contributed by atoms with Crippen LogP contribution in [-0.4, -0.2) is 73.1 Å². The third-order valence-corrected chi connectivity index (χ3v) is 3.47. The van der Waals surface area contributed by atoms with Crippen LogP contribution < -0.4 is 10.6 Å². The van der Waals surface area contributed by atoms with Crippen LogP contribution in [0.1, 0.15) is 27.2 Å². The molecule has 0 aromatic carbocycles. The molecule has 1 saturated heterocycles. The third-order valence-electron chi connectivity index (χ3n) is 3.47. The van der Waals surface area contributed by atoms with E-state index in [1.165, 1.54) is 0 Å². The Morgan fingerprint density at radius 2 is 1.90 bits per heavy atom. The van der Waals surface area contributed by atoms with Crippen LogP contribution in [0.4, 0.5) is 4.79 Å². The Hall–Kier alpha value is -1.34. The summed E-state index contributed by atoms with van der Waals surface area (Å²) in [6, 6.07) is 0. The molecule has 1 fully saturated rings. The van der Waals surface area contributed by atoms with Gasteiger partial charge in [-0.2, -0.15) is 0 Å². The lowest BCUT2D eigenvalue weighted by Crippen LogP contribution is -2.61. The van der Waals surface area contributed by atoms with Crippen molar-refractivity contribution in [2.45, 2.75) is 32.8 Å². The van der Waals surface area contributed by atoms with E-state index in [2.05, 4.69) is 10.6 Å². The lowest BCUT2D eigenvalue weighted by molar-refractivity contribution is -0.923. The minimum atomic E-state index is -0.767. The molecule has 0 radical (unpaired) electrons. The van der Waals surface area contributed by atoms with Gasteiger partial charge in [-0.15, -0.1) is 0 Å². The maximum Gasteiger partial charge on any atom is 0.407 e. The molecule has 0 spiro atoms. The monoisotopic (exact) mass is 302 g/mol. The highest BCUT2D eigenvalue weighted by Crippen LogP contribution is 2.10. The second kappa shape index (κ2) is 7.61. The molecule has 1 aliphatic rings. The number of rotatable bonds is 6. The van der Waals surface area contributed by atoms with Crippen LogP contribution in [0.3, 0.4) is 0 Å². The zero-order chi connectivity index (χ0) is 15.9. The molecule has 1 rings (SSSR count). The van der Waals surface area contributed by atoms with Crippen molar-refractivity contribution >= 4 is 12.1 Å². The molecule has 1 heterocycles. The standard InChI is InChI=1S/C14H27N3O4/c1-14(2,3)21-13(20)16-5-4-8-17(11-12(18)19)9-6-15-7-10-17/h15H,4-11H2,1-3H3,(H-,16,18,19,20)/p+1. The van der Waals surface area contributed by atoms with Gasteiger partial charge in [-0.25, -0.2) is 9.59 Å². The van der Waals surface area contributed by atoms with Gasteiger partial charge in [0.1, 0.15) is 5.60 Å². The largest absolute Gasteiger partial charge is 0.477 e. The normalized spacial score (nSPS) is 18.0. The number of nitrogens with zero attached hydrogens (tertiary/aromatic N) is 1. The number of hydrogen-bond acceptors (Lipinski definition) is 4.